The summed E-state index contributed by atoms with van der Waals surface area (Å²) in [6.07, 6.45) is 76.1. The second kappa shape index (κ2) is 76.0. The maximum absolute atomic E-state index is 13.1. The van der Waals surface area contributed by atoms with Gasteiger partial charge in [-0.2, -0.15) is 0 Å². The number of carbonyl (C=O) groups excluding carboxylic acids is 4. The van der Waals surface area contributed by atoms with Crippen LogP contribution in [0.5, 0.6) is 0 Å². The zero-order valence-electron chi connectivity index (χ0n) is 65.3. The first-order valence-electron chi connectivity index (χ1n) is 41.5. The van der Waals surface area contributed by atoms with Gasteiger partial charge in [0.05, 0.1) is 26.4 Å². The smallest absolute Gasteiger partial charge is 0.462 e. The Bertz CT molecular complexity index is 2170. The lowest BCUT2D eigenvalue weighted by Gasteiger charge is -2.21. The van der Waals surface area contributed by atoms with Gasteiger partial charge in [-0.25, -0.2) is 9.13 Å². The molecule has 0 rings (SSSR count). The SMILES string of the molecule is CCCCC/C=C\C/C=C\C/C=C\CCCCCCCCC(=O)OCC(COP(=O)(O)OCC(O)COP(=O)(O)OCC(COC(=O)CCCCCCC/C=C\CCCCCCCC)OC(=O)CCCCCCCCCCCCCCCCC)OC(=O)CCCCCCC/C=C\CCCCCC. The molecule has 5 unspecified atom stereocenters. The number of aliphatic hydroxyl groups excluding tert-OH is 1. The Morgan fingerprint density at radius 2 is 0.480 bits per heavy atom. The molecule has 0 heterocycles. The van der Waals surface area contributed by atoms with E-state index in [1.54, 1.807) is 0 Å². The molecule has 0 aliphatic carbocycles. The molecule has 0 aromatic carbocycles. The van der Waals surface area contributed by atoms with Crippen LogP contribution in [-0.2, 0) is 65.4 Å². The van der Waals surface area contributed by atoms with Crippen LogP contribution in [0, 0.1) is 0 Å². The zero-order valence-corrected chi connectivity index (χ0v) is 67.1. The first-order chi connectivity index (χ1) is 49.7. The molecule has 0 spiro atoms. The van der Waals surface area contributed by atoms with Crippen LogP contribution in [0.3, 0.4) is 0 Å². The van der Waals surface area contributed by atoms with Crippen molar-refractivity contribution in [2.24, 2.45) is 0 Å². The van der Waals surface area contributed by atoms with Gasteiger partial charge in [-0.05, 0) is 116 Å². The van der Waals surface area contributed by atoms with Crippen LogP contribution in [0.4, 0.5) is 0 Å². The summed E-state index contributed by atoms with van der Waals surface area (Å²) in [6, 6.07) is 0. The van der Waals surface area contributed by atoms with E-state index in [1.807, 2.05) is 0 Å². The van der Waals surface area contributed by atoms with Crippen molar-refractivity contribution in [1.29, 1.82) is 0 Å². The molecule has 0 fully saturated rings. The highest BCUT2D eigenvalue weighted by Gasteiger charge is 2.30. The Morgan fingerprint density at radius 1 is 0.275 bits per heavy atom. The summed E-state index contributed by atoms with van der Waals surface area (Å²) in [7, 11) is -9.95. The van der Waals surface area contributed by atoms with Gasteiger partial charge in [-0.3, -0.25) is 37.3 Å². The lowest BCUT2D eigenvalue weighted by molar-refractivity contribution is -0.161. The van der Waals surface area contributed by atoms with Gasteiger partial charge >= 0.3 is 39.5 Å². The van der Waals surface area contributed by atoms with E-state index in [0.717, 1.165) is 161 Å². The first-order valence-corrected chi connectivity index (χ1v) is 44.5. The largest absolute Gasteiger partial charge is 0.472 e. The van der Waals surface area contributed by atoms with E-state index in [4.69, 9.17) is 37.0 Å². The van der Waals surface area contributed by atoms with Crippen molar-refractivity contribution in [1.82, 2.24) is 0 Å². The summed E-state index contributed by atoms with van der Waals surface area (Å²) in [5.74, 6) is -2.17. The van der Waals surface area contributed by atoms with E-state index < -0.39 is 97.5 Å². The predicted octanol–water partition coefficient (Wildman–Crippen LogP) is 24.2. The van der Waals surface area contributed by atoms with Crippen LogP contribution < -0.4 is 0 Å². The summed E-state index contributed by atoms with van der Waals surface area (Å²) in [5, 5.41) is 10.6. The van der Waals surface area contributed by atoms with Crippen LogP contribution in [0.25, 0.3) is 0 Å². The minimum atomic E-state index is -4.98. The molecule has 0 aliphatic rings. The third-order valence-corrected chi connectivity index (χ3v) is 19.9. The third kappa shape index (κ3) is 75.0. The molecule has 0 aromatic rings. The molecule has 0 amide bonds. The van der Waals surface area contributed by atoms with Gasteiger partial charge in [-0.15, -0.1) is 0 Å². The van der Waals surface area contributed by atoms with Gasteiger partial charge in [0.15, 0.2) is 12.2 Å². The van der Waals surface area contributed by atoms with Gasteiger partial charge in [0, 0.05) is 25.7 Å². The normalized spacial score (nSPS) is 14.1. The average Bonchev–Trinajstić information content (AvgIpc) is 0.908. The summed E-state index contributed by atoms with van der Waals surface area (Å²) < 4.78 is 68.7. The van der Waals surface area contributed by atoms with E-state index in [0.29, 0.717) is 25.7 Å². The fourth-order valence-electron chi connectivity index (χ4n) is 11.6. The summed E-state index contributed by atoms with van der Waals surface area (Å²) in [6.45, 7) is 4.88. The molecule has 19 heteroatoms. The first kappa shape index (κ1) is 98.8. The molecule has 0 bridgehead atoms. The number of esters is 4. The number of rotatable bonds is 79. The van der Waals surface area contributed by atoms with Crippen molar-refractivity contribution in [3.63, 3.8) is 0 Å². The van der Waals surface area contributed by atoms with E-state index in [1.165, 1.54) is 148 Å². The number of hydrogen-bond donors (Lipinski definition) is 3. The topological polar surface area (TPSA) is 237 Å². The third-order valence-electron chi connectivity index (χ3n) is 18.0. The quantitative estimate of drug-likeness (QED) is 0.0169. The molecule has 102 heavy (non-hydrogen) atoms. The number of ether oxygens (including phenoxy) is 4. The lowest BCUT2D eigenvalue weighted by atomic mass is 10.0. The fraction of sp³-hybridized carbons (Fsp3) is 0.831. The minimum Gasteiger partial charge on any atom is -0.462 e. The molecule has 3 N–H and O–H groups in total. The minimum absolute atomic E-state index is 0.0854. The molecule has 596 valence electrons. The summed E-state index contributed by atoms with van der Waals surface area (Å²) in [4.78, 5) is 73.1. The molecule has 0 saturated carbocycles. The van der Waals surface area contributed by atoms with Crippen LogP contribution in [-0.4, -0.2) is 96.7 Å². The van der Waals surface area contributed by atoms with Crippen LogP contribution in [0.1, 0.15) is 387 Å². The van der Waals surface area contributed by atoms with Crippen LogP contribution >= 0.6 is 15.6 Å². The second-order valence-electron chi connectivity index (χ2n) is 28.1. The zero-order chi connectivity index (χ0) is 74.6. The van der Waals surface area contributed by atoms with E-state index in [-0.39, 0.29) is 25.7 Å². The number of allylic oxidation sites excluding steroid dienone is 10. The number of phosphoric acid groups is 2. The number of hydrogen-bond acceptors (Lipinski definition) is 15. The molecule has 17 nitrogen and oxygen atoms in total. The van der Waals surface area contributed by atoms with Crippen molar-refractivity contribution in [3.05, 3.63) is 60.8 Å². The Labute approximate surface area is 622 Å². The standard InChI is InChI=1S/C83H152O17P2/c1-5-9-13-17-21-25-29-33-36-37-38-39-42-45-48-52-56-60-64-68-81(86)94-73-78(99-82(87)69-65-61-57-53-49-43-32-28-24-20-16-12-8-4)75-97-101(89,90)95-71-77(84)72-96-102(91,92)98-76-79(100-83(88)70-66-62-58-54-50-46-41-35-31-27-23-19-15-11-7-3)74-93-80(85)67-63-59-55-51-47-44-40-34-30-26-22-18-14-10-6-2/h21,25,28,32-34,36,38-40,77-79,84H,5-20,22-24,26-27,29-31,35,37,41-76H2,1-4H3,(H,89,90)(H,91,92)/b25-21-,32-28-,36-33-,39-38-,40-34-. The van der Waals surface area contributed by atoms with Gasteiger partial charge in [0.1, 0.15) is 19.3 Å². The summed E-state index contributed by atoms with van der Waals surface area (Å²) in [5.41, 5.74) is 0. The van der Waals surface area contributed by atoms with E-state index in [9.17, 15) is 43.2 Å². The number of carbonyl (C=O) groups is 4. The average molecular weight is 1480 g/mol. The highest BCUT2D eigenvalue weighted by Crippen LogP contribution is 2.45. The predicted molar refractivity (Wildman–Crippen MR) is 418 cm³/mol. The lowest BCUT2D eigenvalue weighted by Crippen LogP contribution is -2.30. The molecular formula is C83H152O17P2. The Balaban J connectivity index is 5.32. The second-order valence-corrected chi connectivity index (χ2v) is 31.0. The Morgan fingerprint density at radius 3 is 0.775 bits per heavy atom. The number of unbranched alkanes of at least 4 members (excludes halogenated alkanes) is 43. The maximum atomic E-state index is 13.1. The highest BCUT2D eigenvalue weighted by molar-refractivity contribution is 7.47. The number of phosphoric ester groups is 2. The molecule has 0 saturated heterocycles. The molecule has 5 atom stereocenters. The van der Waals surface area contributed by atoms with E-state index >= 15 is 0 Å². The van der Waals surface area contributed by atoms with Gasteiger partial charge in [-0.1, -0.05) is 307 Å². The van der Waals surface area contributed by atoms with Crippen molar-refractivity contribution in [3.8, 4) is 0 Å². The molecule has 0 aliphatic heterocycles. The van der Waals surface area contributed by atoms with Crippen molar-refractivity contribution in [2.45, 2.75) is 406 Å². The monoisotopic (exact) mass is 1480 g/mol. The van der Waals surface area contributed by atoms with E-state index in [2.05, 4.69) is 88.5 Å². The number of aliphatic hydroxyl groups is 1. The Kier molecular flexibility index (Phi) is 73.6. The molecular weight excluding hydrogens is 1330 g/mol. The molecule has 0 radical (unpaired) electrons. The van der Waals surface area contributed by atoms with Crippen LogP contribution in [0.15, 0.2) is 60.8 Å². The van der Waals surface area contributed by atoms with Crippen molar-refractivity contribution >= 4 is 39.5 Å². The van der Waals surface area contributed by atoms with Gasteiger partial charge in [0.25, 0.3) is 0 Å². The molecule has 0 aromatic heterocycles. The van der Waals surface area contributed by atoms with Gasteiger partial charge < -0.3 is 33.8 Å². The summed E-state index contributed by atoms with van der Waals surface area (Å²) >= 11 is 0. The van der Waals surface area contributed by atoms with Gasteiger partial charge in [0.2, 0.25) is 0 Å². The van der Waals surface area contributed by atoms with Crippen LogP contribution in [0.2, 0.25) is 0 Å². The highest BCUT2D eigenvalue weighted by atomic mass is 31.2. The van der Waals surface area contributed by atoms with Crippen molar-refractivity contribution < 1.29 is 80.2 Å². The maximum Gasteiger partial charge on any atom is 0.472 e. The van der Waals surface area contributed by atoms with Crippen molar-refractivity contribution in [2.75, 3.05) is 39.6 Å². The Hall–Kier alpha value is -3.24. The fourth-order valence-corrected chi connectivity index (χ4v) is 13.2.